The van der Waals surface area contributed by atoms with Gasteiger partial charge in [0, 0.05) is 50.0 Å². The number of carbonyl (C=O) groups is 3. The molecule has 0 radical (unpaired) electrons. The van der Waals surface area contributed by atoms with Gasteiger partial charge in [0.1, 0.15) is 29.6 Å². The number of aliphatic hydroxyl groups excluding tert-OH is 1. The van der Waals surface area contributed by atoms with Crippen molar-refractivity contribution in [3.8, 4) is 11.3 Å². The summed E-state index contributed by atoms with van der Waals surface area (Å²) in [6.45, 7) is 13.2. The smallest absolute Gasteiger partial charge is 0.410 e. The van der Waals surface area contributed by atoms with Crippen molar-refractivity contribution in [2.24, 2.45) is 11.8 Å². The van der Waals surface area contributed by atoms with E-state index in [9.17, 15) is 19.5 Å². The minimum absolute atomic E-state index is 0.0260. The fourth-order valence-electron chi connectivity index (χ4n) is 9.94. The third-order valence-electron chi connectivity index (χ3n) is 13.6. The van der Waals surface area contributed by atoms with Crippen LogP contribution in [0.1, 0.15) is 85.6 Å². The molecule has 0 saturated carbocycles. The number of fused-ring (bicyclic) bond motifs is 1. The lowest BCUT2D eigenvalue weighted by atomic mass is 9.82. The van der Waals surface area contributed by atoms with Gasteiger partial charge in [-0.05, 0) is 110 Å². The first-order valence-electron chi connectivity index (χ1n) is 22.9. The van der Waals surface area contributed by atoms with Gasteiger partial charge in [-0.2, -0.15) is 0 Å². The first kappa shape index (κ1) is 49.0. The molecule has 3 aliphatic rings. The Morgan fingerprint density at radius 2 is 1.77 bits per heavy atom. The van der Waals surface area contributed by atoms with Crippen LogP contribution in [-0.2, 0) is 46.2 Å². The van der Waals surface area contributed by atoms with E-state index >= 15 is 0 Å². The fraction of sp³-hybridized carbons (Fsp3) is 0.646. The van der Waals surface area contributed by atoms with Crippen LogP contribution in [0.25, 0.3) is 11.3 Å². The zero-order valence-corrected chi connectivity index (χ0v) is 39.1. The van der Waals surface area contributed by atoms with Crippen molar-refractivity contribution in [1.82, 2.24) is 30.1 Å². The molecule has 0 spiro atoms. The molecule has 4 heterocycles. The number of rotatable bonds is 13. The average Bonchev–Trinajstić information content (AvgIpc) is 3.84. The summed E-state index contributed by atoms with van der Waals surface area (Å²) in [4.78, 5) is 47.2. The molecule has 3 fully saturated rings. The monoisotopic (exact) mass is 890 g/mol. The van der Waals surface area contributed by atoms with Crippen molar-refractivity contribution in [2.75, 3.05) is 40.0 Å². The van der Waals surface area contributed by atoms with Crippen molar-refractivity contribution in [3.05, 3.63) is 66.4 Å². The molecular weight excluding hydrogens is 819 g/mol. The number of hydrogen-bond acceptors (Lipinski definition) is 14. The van der Waals surface area contributed by atoms with Gasteiger partial charge in [0.15, 0.2) is 11.9 Å². The minimum Gasteiger partial charge on any atom is -0.457 e. The van der Waals surface area contributed by atoms with Crippen molar-refractivity contribution in [3.63, 3.8) is 0 Å². The number of aromatic nitrogens is 3. The van der Waals surface area contributed by atoms with Gasteiger partial charge in [-0.3, -0.25) is 19.2 Å². The molecule has 4 N–H and O–H groups in total. The molecule has 3 unspecified atom stereocenters. The molecule has 12 atom stereocenters. The standard InChI is InChI=1S/C48H71N7O9/c1-10-40-48(6)43(55(46(59)64-48)22-15-14-21-54-29-37(51-52-54)34-19-16-20-35(49)25-34)32(4)50-28-30(2)27-47(5,60-9)41(63-45-42(57)38(53(7)8)23-31(3)61-45)26-39(56)36(44(58)62-40)24-33-17-12-11-13-18-33/h11-13,16-20,25,29-32,36,38,40-43,45,50,57H,10,14-15,21-24,26-28,49H2,1-9H3/t30-,31?,32-,36-,38?,40-,41-,42?,43-,45+,47-,48-/m1/s1. The molecule has 2 aromatic carbocycles. The number of benzene rings is 2. The zero-order valence-electron chi connectivity index (χ0n) is 39.1. The molecule has 0 aliphatic carbocycles. The number of esters is 1. The van der Waals surface area contributed by atoms with Gasteiger partial charge in [0.05, 0.1) is 30.0 Å². The van der Waals surface area contributed by atoms with Gasteiger partial charge in [-0.25, -0.2) is 4.79 Å². The Bertz CT molecular complexity index is 2020. The Balaban J connectivity index is 1.28. The van der Waals surface area contributed by atoms with E-state index in [0.717, 1.165) is 16.8 Å². The third kappa shape index (κ3) is 11.3. The van der Waals surface area contributed by atoms with Crippen LogP contribution < -0.4 is 11.1 Å². The summed E-state index contributed by atoms with van der Waals surface area (Å²) in [6.07, 6.45) is -0.0776. The Labute approximate surface area is 378 Å². The predicted octanol–water partition coefficient (Wildman–Crippen LogP) is 5.26. The number of Topliss-reactive ketones (excluding diaryl/α,β-unsaturated/α-hetero) is 1. The lowest BCUT2D eigenvalue weighted by Gasteiger charge is -2.45. The summed E-state index contributed by atoms with van der Waals surface area (Å²) >= 11 is 0. The summed E-state index contributed by atoms with van der Waals surface area (Å²) in [6, 6.07) is 15.8. The Morgan fingerprint density at radius 1 is 1.03 bits per heavy atom. The number of nitrogens with zero attached hydrogens (tertiary/aromatic N) is 5. The predicted molar refractivity (Wildman–Crippen MR) is 242 cm³/mol. The lowest BCUT2D eigenvalue weighted by Crippen LogP contribution is -2.61. The van der Waals surface area contributed by atoms with Crippen LogP contribution in [0.5, 0.6) is 0 Å². The van der Waals surface area contributed by atoms with Gasteiger partial charge in [0.2, 0.25) is 0 Å². The number of likely N-dealkylation sites (N-methyl/N-ethyl adjacent to an activating group) is 1. The van der Waals surface area contributed by atoms with Crippen LogP contribution in [0.2, 0.25) is 0 Å². The number of methoxy groups -OCH3 is 1. The Kier molecular flexibility index (Phi) is 16.3. The number of hydrogen-bond donors (Lipinski definition) is 3. The Morgan fingerprint density at radius 3 is 2.45 bits per heavy atom. The van der Waals surface area contributed by atoms with E-state index in [1.807, 2.05) is 114 Å². The first-order chi connectivity index (χ1) is 30.5. The summed E-state index contributed by atoms with van der Waals surface area (Å²) in [5.74, 6) is -2.36. The fourth-order valence-corrected chi connectivity index (χ4v) is 9.94. The number of carbonyl (C=O) groups excluding carboxylic acids is 3. The highest BCUT2D eigenvalue weighted by Gasteiger charge is 2.58. The van der Waals surface area contributed by atoms with Crippen molar-refractivity contribution >= 4 is 23.5 Å². The molecular formula is C48H71N7O9. The number of aliphatic hydroxyl groups is 1. The second kappa shape index (κ2) is 21.2. The normalized spacial score (nSPS) is 33.3. The van der Waals surface area contributed by atoms with Crippen LogP contribution in [0.15, 0.2) is 60.8 Å². The number of ether oxygens (including phenoxy) is 5. The maximum Gasteiger partial charge on any atom is 0.410 e. The molecule has 1 aromatic heterocycles. The number of unbranched alkanes of at least 4 members (excludes halogenated alkanes) is 1. The van der Waals surface area contributed by atoms with Crippen LogP contribution in [0.3, 0.4) is 0 Å². The molecule has 3 saturated heterocycles. The maximum absolute atomic E-state index is 14.8. The van der Waals surface area contributed by atoms with E-state index in [1.165, 1.54) is 0 Å². The SMILES string of the molecule is CC[C@H]1OC(=O)[C@H](Cc2ccccc2)C(=O)C[C@@H](O[C@@H]2OC(C)CC(N(C)C)C2O)[C@](C)(OC)C[C@@H](C)CN[C@H](C)[C@H]2N(CCCCn3cc(-c4cccc(N)c4)nn3)C(=O)O[C@]12C. The highest BCUT2D eigenvalue weighted by atomic mass is 16.7. The number of nitrogens with one attached hydrogen (secondary N) is 1. The van der Waals surface area contributed by atoms with Crippen LogP contribution in [-0.4, -0.2) is 142 Å². The van der Waals surface area contributed by atoms with Gasteiger partial charge in [-0.1, -0.05) is 61.5 Å². The summed E-state index contributed by atoms with van der Waals surface area (Å²) in [5.41, 5.74) is 6.70. The number of anilines is 1. The second-order valence-electron chi connectivity index (χ2n) is 18.9. The number of aryl methyl sites for hydroxylation is 1. The van der Waals surface area contributed by atoms with Crippen molar-refractivity contribution in [1.29, 1.82) is 0 Å². The molecule has 64 heavy (non-hydrogen) atoms. The molecule has 16 heteroatoms. The van der Waals surface area contributed by atoms with Gasteiger partial charge in [-0.15, -0.1) is 5.10 Å². The maximum atomic E-state index is 14.8. The van der Waals surface area contributed by atoms with Crippen LogP contribution >= 0.6 is 0 Å². The van der Waals surface area contributed by atoms with Crippen LogP contribution in [0.4, 0.5) is 10.5 Å². The van der Waals surface area contributed by atoms with Gasteiger partial charge < -0.3 is 44.7 Å². The Hall–Kier alpha value is -4.45. The molecule has 16 nitrogen and oxygen atoms in total. The second-order valence-corrected chi connectivity index (χ2v) is 18.9. The number of ketones is 1. The van der Waals surface area contributed by atoms with E-state index in [0.29, 0.717) is 57.4 Å². The minimum atomic E-state index is -1.27. The largest absolute Gasteiger partial charge is 0.457 e. The third-order valence-corrected chi connectivity index (χ3v) is 13.6. The molecule has 3 aliphatic heterocycles. The average molecular weight is 890 g/mol. The molecule has 352 valence electrons. The molecule has 1 amide bonds. The number of nitrogens with two attached hydrogens (primary N) is 1. The lowest BCUT2D eigenvalue weighted by molar-refractivity contribution is -0.289. The van der Waals surface area contributed by atoms with Gasteiger partial charge >= 0.3 is 12.1 Å². The van der Waals surface area contributed by atoms with Crippen molar-refractivity contribution < 1.29 is 43.2 Å². The van der Waals surface area contributed by atoms with E-state index in [1.54, 1.807) is 16.7 Å². The summed E-state index contributed by atoms with van der Waals surface area (Å²) in [7, 11) is 5.40. The van der Waals surface area contributed by atoms with Crippen molar-refractivity contribution in [2.45, 2.75) is 153 Å². The summed E-state index contributed by atoms with van der Waals surface area (Å²) < 4.78 is 33.7. The number of amides is 1. The topological polar surface area (TPSA) is 193 Å². The number of nitrogen functional groups attached to an aromatic ring is 1. The molecule has 6 rings (SSSR count). The summed E-state index contributed by atoms with van der Waals surface area (Å²) in [5, 5.41) is 23.9. The highest BCUT2D eigenvalue weighted by Crippen LogP contribution is 2.40. The van der Waals surface area contributed by atoms with E-state index in [4.69, 9.17) is 29.4 Å². The van der Waals surface area contributed by atoms with Crippen LogP contribution in [0, 0.1) is 11.8 Å². The van der Waals surface area contributed by atoms with E-state index in [2.05, 4.69) is 22.6 Å². The highest BCUT2D eigenvalue weighted by molar-refractivity contribution is 5.99. The zero-order chi connectivity index (χ0) is 46.3. The quantitative estimate of drug-likeness (QED) is 0.0871. The van der Waals surface area contributed by atoms with Gasteiger partial charge in [0.25, 0.3) is 0 Å². The first-order valence-corrected chi connectivity index (χ1v) is 22.9. The van der Waals surface area contributed by atoms with E-state index in [-0.39, 0.29) is 36.9 Å². The van der Waals surface area contributed by atoms with E-state index < -0.39 is 65.6 Å². The molecule has 0 bridgehead atoms. The molecule has 3 aromatic rings. The number of cyclic esters (lactones) is 1.